The number of amides is 2. The maximum atomic E-state index is 13.2. The van der Waals surface area contributed by atoms with Crippen LogP contribution in [0.1, 0.15) is 32.3 Å². The van der Waals surface area contributed by atoms with E-state index in [4.69, 9.17) is 4.74 Å². The van der Waals surface area contributed by atoms with Gasteiger partial charge in [0.1, 0.15) is 11.8 Å². The first-order valence-electron chi connectivity index (χ1n) is 10.9. The van der Waals surface area contributed by atoms with Gasteiger partial charge in [0.2, 0.25) is 5.91 Å². The van der Waals surface area contributed by atoms with Crippen molar-refractivity contribution in [2.45, 2.75) is 39.3 Å². The zero-order valence-electron chi connectivity index (χ0n) is 18.5. The molecule has 0 aliphatic carbocycles. The van der Waals surface area contributed by atoms with Gasteiger partial charge in [-0.05, 0) is 42.5 Å². The molecule has 168 valence electrons. The fourth-order valence-electron chi connectivity index (χ4n) is 3.45. The average Bonchev–Trinajstić information content (AvgIpc) is 2.81. The summed E-state index contributed by atoms with van der Waals surface area (Å²) in [7, 11) is 0. The Bertz CT molecular complexity index is 1050. The Hall–Kier alpha value is -2.86. The second kappa shape index (κ2) is 11.7. The third-order valence-corrected chi connectivity index (χ3v) is 5.89. The van der Waals surface area contributed by atoms with Gasteiger partial charge in [0, 0.05) is 22.9 Å². The molecule has 0 radical (unpaired) electrons. The lowest BCUT2D eigenvalue weighted by molar-refractivity contribution is -0.142. The summed E-state index contributed by atoms with van der Waals surface area (Å²) in [5.74, 6) is 0.258. The predicted molar refractivity (Wildman–Crippen MR) is 132 cm³/mol. The predicted octanol–water partition coefficient (Wildman–Crippen LogP) is 5.31. The minimum absolute atomic E-state index is 0.142. The number of nitrogens with one attached hydrogen (secondary N) is 1. The minimum Gasteiger partial charge on any atom is -0.483 e. The normalized spacial score (nSPS) is 11.7. The van der Waals surface area contributed by atoms with Gasteiger partial charge in [0.25, 0.3) is 5.91 Å². The maximum absolute atomic E-state index is 13.2. The van der Waals surface area contributed by atoms with Gasteiger partial charge in [-0.25, -0.2) is 0 Å². The summed E-state index contributed by atoms with van der Waals surface area (Å²) in [5, 5.41) is 4.93. The van der Waals surface area contributed by atoms with Gasteiger partial charge in [-0.2, -0.15) is 0 Å². The quantitative estimate of drug-likeness (QED) is 0.386. The van der Waals surface area contributed by atoms with Crippen molar-refractivity contribution in [1.29, 1.82) is 0 Å². The summed E-state index contributed by atoms with van der Waals surface area (Å²) in [6.07, 6.45) is 1.90. The van der Waals surface area contributed by atoms with Crippen molar-refractivity contribution in [3.8, 4) is 5.75 Å². The fraction of sp³-hybridized carbons (Fsp3) is 0.308. The van der Waals surface area contributed by atoms with Crippen molar-refractivity contribution in [2.24, 2.45) is 0 Å². The number of nitrogens with zero attached hydrogens (tertiary/aromatic N) is 1. The number of unbranched alkanes of at least 4 members (excludes halogenated alkanes) is 1. The van der Waals surface area contributed by atoms with Crippen molar-refractivity contribution in [3.63, 3.8) is 0 Å². The molecular formula is C26H29BrN2O3. The molecule has 0 fully saturated rings. The van der Waals surface area contributed by atoms with Gasteiger partial charge in [-0.3, -0.25) is 9.59 Å². The molecule has 3 aromatic carbocycles. The Balaban J connectivity index is 1.75. The molecule has 2 amide bonds. The van der Waals surface area contributed by atoms with E-state index in [0.717, 1.165) is 33.7 Å². The molecule has 0 aromatic heterocycles. The molecule has 0 saturated carbocycles. The fourth-order valence-corrected chi connectivity index (χ4v) is 3.71. The highest BCUT2D eigenvalue weighted by Gasteiger charge is 2.26. The molecule has 1 N–H and O–H groups in total. The van der Waals surface area contributed by atoms with Crippen LogP contribution in [-0.2, 0) is 16.1 Å². The van der Waals surface area contributed by atoms with E-state index in [0.29, 0.717) is 18.8 Å². The standard InChI is InChI=1S/C26H29BrN2O3/c1-3-4-16-28-26(31)19(2)29(17-20-12-14-22(27)15-13-20)25(30)18-32-24-11-7-9-21-8-5-6-10-23(21)24/h5-15,19H,3-4,16-18H2,1-2H3,(H,28,31)/t19-/m0/s1. The first kappa shape index (κ1) is 23.8. The summed E-state index contributed by atoms with van der Waals surface area (Å²) in [5.41, 5.74) is 0.944. The Labute approximate surface area is 197 Å². The van der Waals surface area contributed by atoms with Gasteiger partial charge in [-0.15, -0.1) is 0 Å². The van der Waals surface area contributed by atoms with Gasteiger partial charge >= 0.3 is 0 Å². The first-order valence-corrected chi connectivity index (χ1v) is 11.7. The highest BCUT2D eigenvalue weighted by atomic mass is 79.9. The number of rotatable bonds is 10. The third-order valence-electron chi connectivity index (χ3n) is 5.36. The molecule has 6 heteroatoms. The van der Waals surface area contributed by atoms with Crippen molar-refractivity contribution in [2.75, 3.05) is 13.2 Å². The van der Waals surface area contributed by atoms with Crippen LogP contribution in [0.25, 0.3) is 10.8 Å². The number of carbonyl (C=O) groups is 2. The van der Waals surface area contributed by atoms with Crippen LogP contribution >= 0.6 is 15.9 Å². The number of hydrogen-bond donors (Lipinski definition) is 1. The van der Waals surface area contributed by atoms with Crippen LogP contribution in [0.4, 0.5) is 0 Å². The lowest BCUT2D eigenvalue weighted by atomic mass is 10.1. The van der Waals surface area contributed by atoms with Crippen LogP contribution in [-0.4, -0.2) is 35.9 Å². The van der Waals surface area contributed by atoms with Gasteiger partial charge < -0.3 is 15.0 Å². The number of halogens is 1. The molecule has 5 nitrogen and oxygen atoms in total. The smallest absolute Gasteiger partial charge is 0.261 e. The zero-order valence-corrected chi connectivity index (χ0v) is 20.1. The number of carbonyl (C=O) groups excluding carboxylic acids is 2. The number of hydrogen-bond acceptors (Lipinski definition) is 3. The monoisotopic (exact) mass is 496 g/mol. The van der Waals surface area contributed by atoms with Crippen molar-refractivity contribution < 1.29 is 14.3 Å². The van der Waals surface area contributed by atoms with Gasteiger partial charge in [-0.1, -0.05) is 77.8 Å². The van der Waals surface area contributed by atoms with Crippen molar-refractivity contribution in [1.82, 2.24) is 10.2 Å². The van der Waals surface area contributed by atoms with Gasteiger partial charge in [0.15, 0.2) is 6.61 Å². The highest BCUT2D eigenvalue weighted by molar-refractivity contribution is 9.10. The SMILES string of the molecule is CCCCNC(=O)[C@H](C)N(Cc1ccc(Br)cc1)C(=O)COc1cccc2ccccc12. The summed E-state index contributed by atoms with van der Waals surface area (Å²) in [6.45, 7) is 4.62. The van der Waals surface area contributed by atoms with Crippen molar-refractivity contribution >= 4 is 38.5 Å². The summed E-state index contributed by atoms with van der Waals surface area (Å²) in [4.78, 5) is 27.5. The summed E-state index contributed by atoms with van der Waals surface area (Å²) in [6, 6.07) is 20.8. The van der Waals surface area contributed by atoms with E-state index < -0.39 is 6.04 Å². The van der Waals surface area contributed by atoms with Crippen molar-refractivity contribution in [3.05, 3.63) is 76.8 Å². The first-order chi connectivity index (χ1) is 15.5. The molecule has 0 aliphatic rings. The number of ether oxygens (including phenoxy) is 1. The largest absolute Gasteiger partial charge is 0.483 e. The molecule has 0 spiro atoms. The molecule has 0 aliphatic heterocycles. The molecule has 0 unspecified atom stereocenters. The van der Waals surface area contributed by atoms with E-state index in [-0.39, 0.29) is 18.4 Å². The highest BCUT2D eigenvalue weighted by Crippen LogP contribution is 2.25. The lowest BCUT2D eigenvalue weighted by Gasteiger charge is -2.29. The van der Waals surface area contributed by atoms with E-state index in [1.165, 1.54) is 0 Å². The van der Waals surface area contributed by atoms with Crippen LogP contribution < -0.4 is 10.1 Å². The maximum Gasteiger partial charge on any atom is 0.261 e. The van der Waals surface area contributed by atoms with Crippen LogP contribution in [0.3, 0.4) is 0 Å². The van der Waals surface area contributed by atoms with E-state index >= 15 is 0 Å². The molecule has 3 aromatic rings. The number of benzene rings is 3. The Kier molecular flexibility index (Phi) is 8.68. The van der Waals surface area contributed by atoms with Crippen LogP contribution in [0.15, 0.2) is 71.2 Å². The molecule has 0 bridgehead atoms. The molecule has 32 heavy (non-hydrogen) atoms. The molecule has 1 atom stereocenters. The van der Waals surface area contributed by atoms with E-state index in [2.05, 4.69) is 28.2 Å². The molecule has 0 saturated heterocycles. The molecular weight excluding hydrogens is 468 g/mol. The van der Waals surface area contributed by atoms with E-state index in [9.17, 15) is 9.59 Å². The zero-order chi connectivity index (χ0) is 22.9. The average molecular weight is 497 g/mol. The van der Waals surface area contributed by atoms with E-state index in [1.54, 1.807) is 11.8 Å². The van der Waals surface area contributed by atoms with Crippen LogP contribution in [0.5, 0.6) is 5.75 Å². The summed E-state index contributed by atoms with van der Waals surface area (Å²) >= 11 is 3.43. The Morgan fingerprint density at radius 1 is 1.03 bits per heavy atom. The molecule has 0 heterocycles. The minimum atomic E-state index is -0.612. The van der Waals surface area contributed by atoms with E-state index in [1.807, 2.05) is 66.7 Å². The summed E-state index contributed by atoms with van der Waals surface area (Å²) < 4.78 is 6.88. The third kappa shape index (κ3) is 6.33. The number of fused-ring (bicyclic) bond motifs is 1. The lowest BCUT2D eigenvalue weighted by Crippen LogP contribution is -2.49. The van der Waals surface area contributed by atoms with Gasteiger partial charge in [0.05, 0.1) is 0 Å². The van der Waals surface area contributed by atoms with Crippen LogP contribution in [0.2, 0.25) is 0 Å². The Morgan fingerprint density at radius 3 is 2.50 bits per heavy atom. The second-order valence-electron chi connectivity index (χ2n) is 7.73. The topological polar surface area (TPSA) is 58.6 Å². The second-order valence-corrected chi connectivity index (χ2v) is 8.65. The Morgan fingerprint density at radius 2 is 1.75 bits per heavy atom. The van der Waals surface area contributed by atoms with Crippen LogP contribution in [0, 0.1) is 0 Å². The molecule has 3 rings (SSSR count).